The highest BCUT2D eigenvalue weighted by Gasteiger charge is 2.11. The van der Waals surface area contributed by atoms with Crippen LogP contribution in [0, 0.1) is 0 Å². The summed E-state index contributed by atoms with van der Waals surface area (Å²) in [4.78, 5) is 0. The highest BCUT2D eigenvalue weighted by atomic mass is 35.5. The molecule has 2 aromatic rings. The Hall–Kier alpha value is -1.29. The van der Waals surface area contributed by atoms with Gasteiger partial charge in [0, 0.05) is 17.2 Å². The molecule has 0 saturated carbocycles. The maximum absolute atomic E-state index is 9.63. The fourth-order valence-electron chi connectivity index (χ4n) is 1.29. The first-order valence-electron chi connectivity index (χ1n) is 4.82. The Labute approximate surface area is 118 Å². The van der Waals surface area contributed by atoms with Crippen molar-refractivity contribution < 1.29 is 14.9 Å². The summed E-state index contributed by atoms with van der Waals surface area (Å²) in [5.74, 6) is 0.0525. The molecule has 0 heterocycles. The summed E-state index contributed by atoms with van der Waals surface area (Å²) < 4.78 is 5.37. The van der Waals surface area contributed by atoms with E-state index in [0.29, 0.717) is 5.02 Å². The smallest absolute Gasteiger partial charge is 0.169 e. The summed E-state index contributed by atoms with van der Waals surface area (Å²) in [6, 6.07) is 6.99. The third-order valence-corrected chi connectivity index (χ3v) is 2.98. The van der Waals surface area contributed by atoms with Crippen LogP contribution in [-0.4, -0.2) is 10.2 Å². The lowest BCUT2D eigenvalue weighted by Gasteiger charge is -2.10. The first-order valence-corrected chi connectivity index (χ1v) is 5.95. The highest BCUT2D eigenvalue weighted by Crippen LogP contribution is 2.39. The van der Waals surface area contributed by atoms with Gasteiger partial charge in [-0.1, -0.05) is 34.8 Å². The number of benzene rings is 2. The summed E-state index contributed by atoms with van der Waals surface area (Å²) in [7, 11) is 0. The van der Waals surface area contributed by atoms with E-state index < -0.39 is 0 Å². The van der Waals surface area contributed by atoms with Gasteiger partial charge in [0.25, 0.3) is 0 Å². The maximum atomic E-state index is 9.63. The molecule has 3 nitrogen and oxygen atoms in total. The van der Waals surface area contributed by atoms with E-state index in [1.807, 2.05) is 0 Å². The zero-order valence-corrected chi connectivity index (χ0v) is 11.1. The van der Waals surface area contributed by atoms with Crippen molar-refractivity contribution in [2.24, 2.45) is 0 Å². The lowest BCUT2D eigenvalue weighted by molar-refractivity contribution is 0.408. The molecule has 0 aliphatic rings. The molecule has 0 bridgehead atoms. The number of rotatable bonds is 2. The van der Waals surface area contributed by atoms with Gasteiger partial charge in [-0.05, 0) is 18.2 Å². The second kappa shape index (κ2) is 5.14. The molecular formula is C12H7Cl3O3. The Morgan fingerprint density at radius 2 is 1.50 bits per heavy atom. The first kappa shape index (κ1) is 13.1. The molecule has 0 radical (unpaired) electrons. The molecule has 18 heavy (non-hydrogen) atoms. The Bertz CT molecular complexity index is 599. The van der Waals surface area contributed by atoms with Gasteiger partial charge in [-0.2, -0.15) is 0 Å². The highest BCUT2D eigenvalue weighted by molar-refractivity contribution is 6.36. The first-order chi connectivity index (χ1) is 8.47. The van der Waals surface area contributed by atoms with Crippen LogP contribution in [0.1, 0.15) is 0 Å². The van der Waals surface area contributed by atoms with Crippen molar-refractivity contribution in [2.75, 3.05) is 0 Å². The number of aromatic hydroxyl groups is 2. The van der Waals surface area contributed by atoms with Crippen molar-refractivity contribution in [3.8, 4) is 23.0 Å². The Balaban J connectivity index is 2.37. The van der Waals surface area contributed by atoms with Crippen LogP contribution in [0.15, 0.2) is 30.3 Å². The predicted molar refractivity (Wildman–Crippen MR) is 71.3 cm³/mol. The van der Waals surface area contributed by atoms with Crippen molar-refractivity contribution in [1.29, 1.82) is 0 Å². The van der Waals surface area contributed by atoms with Crippen LogP contribution < -0.4 is 4.74 Å². The third-order valence-electron chi connectivity index (χ3n) is 2.14. The van der Waals surface area contributed by atoms with E-state index in [-0.39, 0.29) is 33.0 Å². The van der Waals surface area contributed by atoms with Crippen LogP contribution in [0.2, 0.25) is 15.1 Å². The molecule has 0 saturated heterocycles. The van der Waals surface area contributed by atoms with Crippen LogP contribution in [0.5, 0.6) is 23.0 Å². The zero-order valence-electron chi connectivity index (χ0n) is 8.82. The minimum atomic E-state index is -0.162. The fraction of sp³-hybridized carbons (Fsp3) is 0. The number of hydrogen-bond donors (Lipinski definition) is 2. The van der Waals surface area contributed by atoms with E-state index in [4.69, 9.17) is 39.5 Å². The van der Waals surface area contributed by atoms with Crippen molar-refractivity contribution in [3.63, 3.8) is 0 Å². The third kappa shape index (κ3) is 2.75. The van der Waals surface area contributed by atoms with Crippen LogP contribution >= 0.6 is 34.8 Å². The molecule has 94 valence electrons. The summed E-state index contributed by atoms with van der Waals surface area (Å²) in [6.07, 6.45) is 0. The number of phenols is 2. The van der Waals surface area contributed by atoms with Gasteiger partial charge in [0.2, 0.25) is 0 Å². The van der Waals surface area contributed by atoms with Gasteiger partial charge in [-0.15, -0.1) is 0 Å². The van der Waals surface area contributed by atoms with Crippen LogP contribution in [-0.2, 0) is 0 Å². The molecule has 2 N–H and O–H groups in total. The largest absolute Gasteiger partial charge is 0.506 e. The van der Waals surface area contributed by atoms with Crippen LogP contribution in [0.4, 0.5) is 0 Å². The van der Waals surface area contributed by atoms with Crippen molar-refractivity contribution >= 4 is 34.8 Å². The molecule has 2 aromatic carbocycles. The van der Waals surface area contributed by atoms with Gasteiger partial charge in [-0.25, -0.2) is 0 Å². The topological polar surface area (TPSA) is 49.7 Å². The summed E-state index contributed by atoms with van der Waals surface area (Å²) >= 11 is 17.3. The molecule has 0 fully saturated rings. The number of halogens is 3. The van der Waals surface area contributed by atoms with Crippen molar-refractivity contribution in [1.82, 2.24) is 0 Å². The minimum Gasteiger partial charge on any atom is -0.506 e. The lowest BCUT2D eigenvalue weighted by atomic mass is 10.3. The fourth-order valence-corrected chi connectivity index (χ4v) is 1.88. The lowest BCUT2D eigenvalue weighted by Crippen LogP contribution is -1.86. The average Bonchev–Trinajstić information content (AvgIpc) is 2.29. The van der Waals surface area contributed by atoms with Crippen LogP contribution in [0.3, 0.4) is 0 Å². The Kier molecular flexibility index (Phi) is 3.76. The SMILES string of the molecule is Oc1cc(Oc2ccc(Cl)cc2O)c(Cl)cc1Cl. The summed E-state index contributed by atoms with van der Waals surface area (Å²) in [5.41, 5.74) is 0. The van der Waals surface area contributed by atoms with E-state index in [1.165, 1.54) is 24.3 Å². The van der Waals surface area contributed by atoms with Gasteiger partial charge in [-0.3, -0.25) is 0 Å². The molecule has 0 aromatic heterocycles. The molecule has 0 amide bonds. The average molecular weight is 306 g/mol. The van der Waals surface area contributed by atoms with E-state index in [9.17, 15) is 10.2 Å². The second-order valence-corrected chi connectivity index (χ2v) is 4.70. The number of ether oxygens (including phenoxy) is 1. The summed E-state index contributed by atoms with van der Waals surface area (Å²) in [5, 5.41) is 19.8. The van der Waals surface area contributed by atoms with Gasteiger partial charge in [0.05, 0.1) is 10.0 Å². The summed E-state index contributed by atoms with van der Waals surface area (Å²) in [6.45, 7) is 0. The van der Waals surface area contributed by atoms with E-state index in [1.54, 1.807) is 6.07 Å². The quantitative estimate of drug-likeness (QED) is 0.834. The van der Waals surface area contributed by atoms with E-state index in [0.717, 1.165) is 0 Å². The van der Waals surface area contributed by atoms with E-state index in [2.05, 4.69) is 0 Å². The van der Waals surface area contributed by atoms with Gasteiger partial charge in [0.1, 0.15) is 11.5 Å². The zero-order chi connectivity index (χ0) is 13.3. The van der Waals surface area contributed by atoms with Gasteiger partial charge in [0.15, 0.2) is 11.5 Å². The standard InChI is InChI=1S/C12H7Cl3O3/c13-6-1-2-11(10(17)3-6)18-12-5-9(16)7(14)4-8(12)15/h1-5,16-17H. The monoisotopic (exact) mass is 304 g/mol. The molecule has 6 heteroatoms. The minimum absolute atomic E-state index is 0.118. The second-order valence-electron chi connectivity index (χ2n) is 3.45. The predicted octanol–water partition coefficient (Wildman–Crippen LogP) is 4.85. The number of phenolic OH excluding ortho intramolecular Hbond substituents is 2. The van der Waals surface area contributed by atoms with Gasteiger partial charge >= 0.3 is 0 Å². The van der Waals surface area contributed by atoms with Crippen molar-refractivity contribution in [3.05, 3.63) is 45.4 Å². The molecular weight excluding hydrogens is 298 g/mol. The molecule has 2 rings (SSSR count). The molecule has 0 atom stereocenters. The maximum Gasteiger partial charge on any atom is 0.169 e. The number of hydrogen-bond acceptors (Lipinski definition) is 3. The molecule has 0 spiro atoms. The normalized spacial score (nSPS) is 10.4. The van der Waals surface area contributed by atoms with Gasteiger partial charge < -0.3 is 14.9 Å². The molecule has 0 aliphatic heterocycles. The Morgan fingerprint density at radius 3 is 2.17 bits per heavy atom. The Morgan fingerprint density at radius 1 is 0.778 bits per heavy atom. The van der Waals surface area contributed by atoms with Crippen LogP contribution in [0.25, 0.3) is 0 Å². The van der Waals surface area contributed by atoms with Crippen molar-refractivity contribution in [2.45, 2.75) is 0 Å². The molecule has 0 aliphatic carbocycles. The van der Waals surface area contributed by atoms with E-state index >= 15 is 0 Å². The molecule has 0 unspecified atom stereocenters.